The van der Waals surface area contributed by atoms with E-state index in [-0.39, 0.29) is 0 Å². The molecule has 1 rings (SSSR count). The number of benzene rings is 1. The molecule has 0 radical (unpaired) electrons. The van der Waals surface area contributed by atoms with Crippen LogP contribution < -0.4 is 4.74 Å². The van der Waals surface area contributed by atoms with Gasteiger partial charge in [-0.15, -0.1) is 19.7 Å². The normalized spacial score (nSPS) is 7.00. The van der Waals surface area contributed by atoms with E-state index < -0.39 is 0 Å². The minimum absolute atomic E-state index is 0.740. The van der Waals surface area contributed by atoms with Gasteiger partial charge < -0.3 is 4.74 Å². The number of allylic oxidation sites excluding steroid dienone is 1. The van der Waals surface area contributed by atoms with Gasteiger partial charge in [0, 0.05) is 0 Å². The molecule has 0 fully saturated rings. The van der Waals surface area contributed by atoms with E-state index in [1.807, 2.05) is 44.2 Å². The molecule has 0 N–H and O–H groups in total. The lowest BCUT2D eigenvalue weighted by molar-refractivity contribution is 0.340. The summed E-state index contributed by atoms with van der Waals surface area (Å²) in [4.78, 5) is 0. The number of para-hydroxylation sites is 1. The van der Waals surface area contributed by atoms with Crippen LogP contribution in [-0.2, 0) is 0 Å². The first-order valence-electron chi connectivity index (χ1n) is 4.60. The molecule has 14 heavy (non-hydrogen) atoms. The predicted molar refractivity (Wildman–Crippen MR) is 64.7 cm³/mol. The zero-order valence-electron chi connectivity index (χ0n) is 9.20. The van der Waals surface area contributed by atoms with Crippen molar-refractivity contribution in [2.24, 2.45) is 0 Å². The van der Waals surface area contributed by atoms with Crippen LogP contribution in [-0.4, -0.2) is 6.61 Å². The summed E-state index contributed by atoms with van der Waals surface area (Å²) in [6.07, 6.45) is 1.75. The molecule has 0 aromatic heterocycles. The van der Waals surface area contributed by atoms with Crippen molar-refractivity contribution in [3.63, 3.8) is 0 Å². The molecule has 1 nitrogen and oxygen atoms in total. The zero-order valence-corrected chi connectivity index (χ0v) is 9.20. The Kier molecular flexibility index (Phi) is 15.0. The third-order valence-electron chi connectivity index (χ3n) is 1.05. The topological polar surface area (TPSA) is 9.23 Å². The Morgan fingerprint density at radius 3 is 2.00 bits per heavy atom. The highest BCUT2D eigenvalue weighted by Gasteiger charge is 1.83. The molecule has 0 atom stereocenters. The van der Waals surface area contributed by atoms with Crippen molar-refractivity contribution in [3.8, 4) is 5.75 Å². The lowest BCUT2D eigenvalue weighted by atomic mass is 10.3. The van der Waals surface area contributed by atoms with Crippen molar-refractivity contribution in [1.29, 1.82) is 0 Å². The zero-order chi connectivity index (χ0) is 11.2. The molecule has 0 bridgehead atoms. The second-order valence-electron chi connectivity index (χ2n) is 2.15. The van der Waals surface area contributed by atoms with Crippen LogP contribution in [0.4, 0.5) is 0 Å². The molecular formula is C13H20O. The maximum Gasteiger partial charge on any atom is 0.119 e. The quantitative estimate of drug-likeness (QED) is 0.641. The maximum absolute atomic E-state index is 5.21. The number of ether oxygens (including phenoxy) is 1. The van der Waals surface area contributed by atoms with E-state index in [1.165, 1.54) is 0 Å². The van der Waals surface area contributed by atoms with Gasteiger partial charge in [0.15, 0.2) is 0 Å². The fourth-order valence-corrected chi connectivity index (χ4v) is 0.683. The Morgan fingerprint density at radius 2 is 1.64 bits per heavy atom. The van der Waals surface area contributed by atoms with E-state index in [4.69, 9.17) is 4.74 Å². The van der Waals surface area contributed by atoms with Crippen LogP contribution in [0.3, 0.4) is 0 Å². The molecule has 1 aromatic rings. The van der Waals surface area contributed by atoms with Gasteiger partial charge in [-0.25, -0.2) is 0 Å². The Hall–Kier alpha value is -1.50. The van der Waals surface area contributed by atoms with Crippen molar-refractivity contribution >= 4 is 0 Å². The fourth-order valence-electron chi connectivity index (χ4n) is 0.683. The minimum Gasteiger partial charge on any atom is -0.494 e. The summed E-state index contributed by atoms with van der Waals surface area (Å²) < 4.78 is 5.21. The average molecular weight is 192 g/mol. The molecule has 0 aliphatic carbocycles. The summed E-state index contributed by atoms with van der Waals surface area (Å²) in [5.41, 5.74) is 0. The monoisotopic (exact) mass is 192 g/mol. The number of hydrogen-bond donors (Lipinski definition) is 0. The molecule has 0 spiro atoms. The van der Waals surface area contributed by atoms with Gasteiger partial charge in [-0.2, -0.15) is 0 Å². The molecular weight excluding hydrogens is 172 g/mol. The third-order valence-corrected chi connectivity index (χ3v) is 1.05. The van der Waals surface area contributed by atoms with E-state index >= 15 is 0 Å². The summed E-state index contributed by atoms with van der Waals surface area (Å²) in [6.45, 7) is 14.0. The van der Waals surface area contributed by atoms with E-state index in [9.17, 15) is 0 Å². The Morgan fingerprint density at radius 1 is 1.21 bits per heavy atom. The predicted octanol–water partition coefficient (Wildman–Crippen LogP) is 4.08. The second-order valence-corrected chi connectivity index (χ2v) is 2.15. The highest BCUT2D eigenvalue weighted by Crippen LogP contribution is 2.06. The van der Waals surface area contributed by atoms with Crippen LogP contribution in [0.5, 0.6) is 5.75 Å². The van der Waals surface area contributed by atoms with E-state index in [0.29, 0.717) is 0 Å². The third kappa shape index (κ3) is 10.5. The standard InChI is InChI=1S/C8H10O.C3H6.C2H4/c1-2-9-8-6-4-3-5-7-8;1-3-2;1-2/h3-7H,2H2,1H3;3H,1H2,2H3;1-2H2. The van der Waals surface area contributed by atoms with Gasteiger partial charge in [0.2, 0.25) is 0 Å². The molecule has 1 aromatic carbocycles. The van der Waals surface area contributed by atoms with Crippen molar-refractivity contribution < 1.29 is 4.74 Å². The van der Waals surface area contributed by atoms with E-state index in [0.717, 1.165) is 12.4 Å². The van der Waals surface area contributed by atoms with Crippen molar-refractivity contribution in [2.45, 2.75) is 13.8 Å². The minimum atomic E-state index is 0.740. The molecule has 78 valence electrons. The van der Waals surface area contributed by atoms with Crippen molar-refractivity contribution in [1.82, 2.24) is 0 Å². The van der Waals surface area contributed by atoms with Gasteiger partial charge in [0.05, 0.1) is 6.61 Å². The van der Waals surface area contributed by atoms with Crippen LogP contribution >= 0.6 is 0 Å². The molecule has 0 saturated heterocycles. The first-order chi connectivity index (χ1) is 6.85. The van der Waals surface area contributed by atoms with Crippen LogP contribution in [0.15, 0.2) is 56.1 Å². The Labute approximate surface area is 87.7 Å². The molecule has 0 aliphatic heterocycles. The van der Waals surface area contributed by atoms with E-state index in [2.05, 4.69) is 19.7 Å². The average Bonchev–Trinajstić information content (AvgIpc) is 2.24. The van der Waals surface area contributed by atoms with Gasteiger partial charge in [-0.3, -0.25) is 0 Å². The lowest BCUT2D eigenvalue weighted by Gasteiger charge is -1.99. The van der Waals surface area contributed by atoms with Crippen LogP contribution in [0.1, 0.15) is 13.8 Å². The summed E-state index contributed by atoms with van der Waals surface area (Å²) in [5.74, 6) is 0.944. The van der Waals surface area contributed by atoms with Crippen LogP contribution in [0, 0.1) is 0 Å². The van der Waals surface area contributed by atoms with Gasteiger partial charge >= 0.3 is 0 Å². The fraction of sp³-hybridized carbons (Fsp3) is 0.231. The molecule has 0 saturated carbocycles. The summed E-state index contributed by atoms with van der Waals surface area (Å²) in [7, 11) is 0. The summed E-state index contributed by atoms with van der Waals surface area (Å²) in [6, 6.07) is 9.80. The maximum atomic E-state index is 5.21. The molecule has 0 unspecified atom stereocenters. The Balaban J connectivity index is 0. The SMILES string of the molecule is C=C.C=CC.CCOc1ccccc1. The van der Waals surface area contributed by atoms with E-state index in [1.54, 1.807) is 6.08 Å². The number of rotatable bonds is 2. The van der Waals surface area contributed by atoms with Gasteiger partial charge in [0.25, 0.3) is 0 Å². The van der Waals surface area contributed by atoms with Gasteiger partial charge in [-0.05, 0) is 26.0 Å². The first kappa shape index (κ1) is 15.0. The first-order valence-corrected chi connectivity index (χ1v) is 4.60. The number of hydrogen-bond acceptors (Lipinski definition) is 1. The highest BCUT2D eigenvalue weighted by atomic mass is 16.5. The van der Waals surface area contributed by atoms with Crippen molar-refractivity contribution in [2.75, 3.05) is 6.61 Å². The van der Waals surface area contributed by atoms with Crippen molar-refractivity contribution in [3.05, 3.63) is 56.1 Å². The highest BCUT2D eigenvalue weighted by molar-refractivity contribution is 5.20. The van der Waals surface area contributed by atoms with Crippen LogP contribution in [0.2, 0.25) is 0 Å². The van der Waals surface area contributed by atoms with Gasteiger partial charge in [0.1, 0.15) is 5.75 Å². The smallest absolute Gasteiger partial charge is 0.119 e. The molecule has 0 aliphatic rings. The largest absolute Gasteiger partial charge is 0.494 e. The lowest BCUT2D eigenvalue weighted by Crippen LogP contribution is -1.89. The molecule has 0 heterocycles. The molecule has 1 heteroatoms. The van der Waals surface area contributed by atoms with Crippen LogP contribution in [0.25, 0.3) is 0 Å². The Bertz CT molecular complexity index is 204. The molecule has 0 amide bonds. The van der Waals surface area contributed by atoms with Gasteiger partial charge in [-0.1, -0.05) is 24.3 Å². The second kappa shape index (κ2) is 14.0. The summed E-state index contributed by atoms with van der Waals surface area (Å²) in [5, 5.41) is 0. The summed E-state index contributed by atoms with van der Waals surface area (Å²) >= 11 is 0.